The molecular formula is C16H22N4. The van der Waals surface area contributed by atoms with E-state index < -0.39 is 0 Å². The highest BCUT2D eigenvalue weighted by Crippen LogP contribution is 2.23. The number of aryl methyl sites for hydroxylation is 1. The van der Waals surface area contributed by atoms with Crippen LogP contribution in [0.3, 0.4) is 0 Å². The molecule has 1 fully saturated rings. The van der Waals surface area contributed by atoms with Gasteiger partial charge in [0.25, 0.3) is 0 Å². The molecule has 0 bridgehead atoms. The van der Waals surface area contributed by atoms with Crippen LogP contribution in [0.4, 0.5) is 0 Å². The van der Waals surface area contributed by atoms with Crippen LogP contribution < -0.4 is 5.32 Å². The molecule has 1 heterocycles. The highest BCUT2D eigenvalue weighted by molar-refractivity contribution is 5.21. The van der Waals surface area contributed by atoms with E-state index in [1.54, 1.807) is 6.33 Å². The van der Waals surface area contributed by atoms with Crippen molar-refractivity contribution in [2.24, 2.45) is 0 Å². The van der Waals surface area contributed by atoms with Gasteiger partial charge in [0.15, 0.2) is 0 Å². The summed E-state index contributed by atoms with van der Waals surface area (Å²) in [5.41, 5.74) is 1.38. The molecule has 4 heteroatoms. The van der Waals surface area contributed by atoms with Crippen LogP contribution in [0, 0.1) is 0 Å². The van der Waals surface area contributed by atoms with Gasteiger partial charge >= 0.3 is 0 Å². The summed E-state index contributed by atoms with van der Waals surface area (Å²) < 4.78 is 1.99. The van der Waals surface area contributed by atoms with Gasteiger partial charge in [-0.25, -0.2) is 4.98 Å². The van der Waals surface area contributed by atoms with Gasteiger partial charge in [0.05, 0.1) is 0 Å². The van der Waals surface area contributed by atoms with Crippen molar-refractivity contribution in [1.29, 1.82) is 0 Å². The van der Waals surface area contributed by atoms with Gasteiger partial charge in [-0.05, 0) is 25.3 Å². The van der Waals surface area contributed by atoms with Crippen molar-refractivity contribution in [1.82, 2.24) is 20.1 Å². The SMILES string of the molecule is CCn1ncnc1CC(CNC1CC1)c1ccccc1. The van der Waals surface area contributed by atoms with E-state index in [1.807, 2.05) is 4.68 Å². The standard InChI is InChI=1S/C16H22N4/c1-2-20-16(18-12-19-20)10-14(11-17-15-8-9-15)13-6-4-3-5-7-13/h3-7,12,14-15,17H,2,8-11H2,1H3. The monoisotopic (exact) mass is 270 g/mol. The first kappa shape index (κ1) is 13.3. The molecule has 0 aliphatic heterocycles. The summed E-state index contributed by atoms with van der Waals surface area (Å²) in [7, 11) is 0. The fourth-order valence-electron chi connectivity index (χ4n) is 2.56. The lowest BCUT2D eigenvalue weighted by Gasteiger charge is -2.18. The molecule has 4 nitrogen and oxygen atoms in total. The van der Waals surface area contributed by atoms with Crippen molar-refractivity contribution >= 4 is 0 Å². The molecule has 1 aliphatic carbocycles. The van der Waals surface area contributed by atoms with Crippen LogP contribution in [0.25, 0.3) is 0 Å². The fourth-order valence-corrected chi connectivity index (χ4v) is 2.56. The smallest absolute Gasteiger partial charge is 0.138 e. The molecule has 1 unspecified atom stereocenters. The molecule has 1 aliphatic rings. The van der Waals surface area contributed by atoms with E-state index in [9.17, 15) is 0 Å². The van der Waals surface area contributed by atoms with Gasteiger partial charge < -0.3 is 5.32 Å². The maximum absolute atomic E-state index is 4.42. The summed E-state index contributed by atoms with van der Waals surface area (Å²) in [5.74, 6) is 1.55. The van der Waals surface area contributed by atoms with Crippen LogP contribution in [0.2, 0.25) is 0 Å². The second kappa shape index (κ2) is 6.18. The number of hydrogen-bond donors (Lipinski definition) is 1. The summed E-state index contributed by atoms with van der Waals surface area (Å²) in [6.45, 7) is 4.01. The van der Waals surface area contributed by atoms with Crippen LogP contribution in [-0.4, -0.2) is 27.4 Å². The molecule has 0 saturated heterocycles. The Morgan fingerprint density at radius 1 is 1.30 bits per heavy atom. The zero-order valence-corrected chi connectivity index (χ0v) is 12.0. The number of rotatable bonds is 7. The largest absolute Gasteiger partial charge is 0.313 e. The van der Waals surface area contributed by atoms with E-state index in [4.69, 9.17) is 0 Å². The lowest BCUT2D eigenvalue weighted by molar-refractivity contribution is 0.535. The van der Waals surface area contributed by atoms with Crippen molar-refractivity contribution in [2.75, 3.05) is 6.54 Å². The van der Waals surface area contributed by atoms with Crippen molar-refractivity contribution in [3.05, 3.63) is 48.0 Å². The molecule has 0 radical (unpaired) electrons. The number of nitrogens with one attached hydrogen (secondary N) is 1. The van der Waals surface area contributed by atoms with E-state index >= 15 is 0 Å². The Balaban J connectivity index is 1.74. The summed E-state index contributed by atoms with van der Waals surface area (Å²) in [5, 5.41) is 7.92. The van der Waals surface area contributed by atoms with Gasteiger partial charge in [0.2, 0.25) is 0 Å². The minimum atomic E-state index is 0.464. The van der Waals surface area contributed by atoms with Crippen molar-refractivity contribution < 1.29 is 0 Å². The molecule has 0 spiro atoms. The fraction of sp³-hybridized carbons (Fsp3) is 0.500. The zero-order chi connectivity index (χ0) is 13.8. The van der Waals surface area contributed by atoms with Gasteiger partial charge in [-0.15, -0.1) is 0 Å². The molecule has 1 atom stereocenters. The Morgan fingerprint density at radius 3 is 2.80 bits per heavy atom. The quantitative estimate of drug-likeness (QED) is 0.840. The van der Waals surface area contributed by atoms with Gasteiger partial charge in [-0.3, -0.25) is 4.68 Å². The molecule has 1 N–H and O–H groups in total. The van der Waals surface area contributed by atoms with E-state index in [0.717, 1.165) is 31.4 Å². The minimum Gasteiger partial charge on any atom is -0.313 e. The topological polar surface area (TPSA) is 42.7 Å². The van der Waals surface area contributed by atoms with Gasteiger partial charge in [-0.1, -0.05) is 30.3 Å². The van der Waals surface area contributed by atoms with Gasteiger partial charge in [0.1, 0.15) is 12.2 Å². The summed E-state index contributed by atoms with van der Waals surface area (Å²) in [6, 6.07) is 11.5. The number of hydrogen-bond acceptors (Lipinski definition) is 3. The first-order valence-electron chi connectivity index (χ1n) is 7.52. The maximum Gasteiger partial charge on any atom is 0.138 e. The Hall–Kier alpha value is -1.68. The molecule has 1 aromatic carbocycles. The van der Waals surface area contributed by atoms with Crippen molar-refractivity contribution in [3.8, 4) is 0 Å². The van der Waals surface area contributed by atoms with Crippen LogP contribution in [0.1, 0.15) is 37.1 Å². The van der Waals surface area contributed by atoms with E-state index in [2.05, 4.69) is 52.7 Å². The Morgan fingerprint density at radius 2 is 2.10 bits per heavy atom. The second-order valence-corrected chi connectivity index (χ2v) is 5.49. The maximum atomic E-state index is 4.42. The van der Waals surface area contributed by atoms with Crippen LogP contribution in [-0.2, 0) is 13.0 Å². The third-order valence-corrected chi connectivity index (χ3v) is 3.93. The predicted octanol–water partition coefficient (Wildman–Crippen LogP) is 2.38. The van der Waals surface area contributed by atoms with Crippen molar-refractivity contribution in [3.63, 3.8) is 0 Å². The molecular weight excluding hydrogens is 248 g/mol. The average Bonchev–Trinajstić information content (AvgIpc) is 3.22. The van der Waals surface area contributed by atoms with Crippen LogP contribution in [0.5, 0.6) is 0 Å². The number of benzene rings is 1. The molecule has 20 heavy (non-hydrogen) atoms. The average molecular weight is 270 g/mol. The van der Waals surface area contributed by atoms with E-state index in [-0.39, 0.29) is 0 Å². The highest BCUT2D eigenvalue weighted by atomic mass is 15.3. The van der Waals surface area contributed by atoms with Gasteiger partial charge in [-0.2, -0.15) is 5.10 Å². The van der Waals surface area contributed by atoms with Crippen molar-refractivity contribution in [2.45, 2.75) is 44.7 Å². The molecule has 106 valence electrons. The number of aromatic nitrogens is 3. The van der Waals surface area contributed by atoms with Crippen LogP contribution >= 0.6 is 0 Å². The van der Waals surface area contributed by atoms with E-state index in [1.165, 1.54) is 18.4 Å². The summed E-state index contributed by atoms with van der Waals surface area (Å²) in [6.07, 6.45) is 5.26. The summed E-state index contributed by atoms with van der Waals surface area (Å²) in [4.78, 5) is 4.42. The lowest BCUT2D eigenvalue weighted by atomic mass is 9.95. The molecule has 2 aromatic rings. The third kappa shape index (κ3) is 3.25. The highest BCUT2D eigenvalue weighted by Gasteiger charge is 2.23. The van der Waals surface area contributed by atoms with E-state index in [0.29, 0.717) is 5.92 Å². The lowest BCUT2D eigenvalue weighted by Crippen LogP contribution is -2.25. The Labute approximate surface area is 120 Å². The van der Waals surface area contributed by atoms with Gasteiger partial charge in [0, 0.05) is 31.5 Å². The molecule has 1 saturated carbocycles. The molecule has 3 rings (SSSR count). The minimum absolute atomic E-state index is 0.464. The number of nitrogens with zero attached hydrogens (tertiary/aromatic N) is 3. The Bertz CT molecular complexity index is 530. The predicted molar refractivity (Wildman–Crippen MR) is 79.6 cm³/mol. The first-order chi connectivity index (χ1) is 9.86. The zero-order valence-electron chi connectivity index (χ0n) is 12.0. The third-order valence-electron chi connectivity index (χ3n) is 3.93. The summed E-state index contributed by atoms with van der Waals surface area (Å²) >= 11 is 0. The normalized spacial score (nSPS) is 16.2. The first-order valence-corrected chi connectivity index (χ1v) is 7.52. The molecule has 1 aromatic heterocycles. The molecule has 0 amide bonds. The Kier molecular flexibility index (Phi) is 4.11. The van der Waals surface area contributed by atoms with Crippen LogP contribution in [0.15, 0.2) is 36.7 Å². The second-order valence-electron chi connectivity index (χ2n) is 5.49.